The molecule has 0 aliphatic carbocycles. The number of furan rings is 2. The predicted octanol–water partition coefficient (Wildman–Crippen LogP) is 17.2. The summed E-state index contributed by atoms with van der Waals surface area (Å²) in [6, 6.07) is 74.0. The Labute approximate surface area is 395 Å². The van der Waals surface area contributed by atoms with Crippen molar-refractivity contribution in [3.05, 3.63) is 223 Å². The van der Waals surface area contributed by atoms with Gasteiger partial charge in [-0.15, -0.1) is 0 Å². The van der Waals surface area contributed by atoms with Gasteiger partial charge in [0.2, 0.25) is 0 Å². The summed E-state index contributed by atoms with van der Waals surface area (Å²) in [5.41, 5.74) is 10.8. The van der Waals surface area contributed by atoms with E-state index in [-0.39, 0.29) is 12.0 Å². The molecule has 324 valence electrons. The van der Waals surface area contributed by atoms with Crippen LogP contribution in [-0.2, 0) is 0 Å². The minimum Gasteiger partial charge on any atom is -0.456 e. The minimum atomic E-state index is -0.369. The highest BCUT2D eigenvalue weighted by Crippen LogP contribution is 2.48. The van der Waals surface area contributed by atoms with Gasteiger partial charge in [0.25, 0.3) is 0 Å². The predicted molar refractivity (Wildman–Crippen MR) is 288 cm³/mol. The number of aliphatic imine (C=N–C) groups is 2. The fraction of sp³-hybridized carbons (Fsp3) is 0.0625. The second kappa shape index (κ2) is 14.6. The van der Waals surface area contributed by atoms with Crippen LogP contribution in [0.4, 0.5) is 0 Å². The van der Waals surface area contributed by atoms with Crippen LogP contribution in [0.1, 0.15) is 36.1 Å². The molecule has 0 spiro atoms. The number of para-hydroxylation sites is 1. The molecule has 15 rings (SSSR count). The third kappa shape index (κ3) is 5.65. The fourth-order valence-corrected chi connectivity index (χ4v) is 11.7. The summed E-state index contributed by atoms with van der Waals surface area (Å²) < 4.78 is 16.4. The minimum absolute atomic E-state index is 0.123. The van der Waals surface area contributed by atoms with Crippen LogP contribution in [0.5, 0.6) is 0 Å². The maximum absolute atomic E-state index is 7.37. The van der Waals surface area contributed by atoms with E-state index in [0.29, 0.717) is 5.84 Å². The highest BCUT2D eigenvalue weighted by atomic mass is 16.3. The molecule has 2 atom stereocenters. The van der Waals surface area contributed by atoms with E-state index in [2.05, 4.69) is 212 Å². The van der Waals surface area contributed by atoms with Crippen molar-refractivity contribution in [2.75, 3.05) is 0 Å². The first-order chi connectivity index (χ1) is 34.1. The molecule has 1 aliphatic heterocycles. The number of aromatic nitrogens is 1. The Hall–Kier alpha value is -8.80. The number of amidine groups is 1. The van der Waals surface area contributed by atoms with E-state index >= 15 is 0 Å². The van der Waals surface area contributed by atoms with Crippen molar-refractivity contribution < 1.29 is 8.83 Å². The summed E-state index contributed by atoms with van der Waals surface area (Å²) >= 11 is 0. The smallest absolute Gasteiger partial charge is 0.159 e. The van der Waals surface area contributed by atoms with Gasteiger partial charge in [-0.25, -0.2) is 4.99 Å². The van der Waals surface area contributed by atoms with E-state index in [1.165, 1.54) is 43.1 Å². The third-order valence-corrected chi connectivity index (χ3v) is 14.9. The highest BCUT2D eigenvalue weighted by Gasteiger charge is 2.37. The van der Waals surface area contributed by atoms with Gasteiger partial charge < -0.3 is 13.4 Å². The van der Waals surface area contributed by atoms with Gasteiger partial charge in [0.15, 0.2) is 11.4 Å². The number of fused-ring (bicyclic) bond motifs is 14. The standard InChI is InChI=1S/C64H41N3O2/c1-2-45-59(50-23-13-25-56-58(50)49-22-11-12-24-55(49)68-56)65-64(44-27-26-37-14-3-4-16-39(37)32-44)66-60(45)51-31-30-48-53-34-41-18-6-8-20-43(41)36-57(53)69-63(48)62(51)67-54-35-42-19-7-5-17-40(42)33-52(54)47-29-28-38-15-9-10-21-46(38)61(47)67/h3-36,45,60H,2H2,1H3. The molecule has 0 amide bonds. The number of rotatable bonds is 5. The van der Waals surface area contributed by atoms with Crippen LogP contribution < -0.4 is 0 Å². The molecule has 3 aromatic heterocycles. The summed E-state index contributed by atoms with van der Waals surface area (Å²) in [4.78, 5) is 11.6. The molecule has 4 heterocycles. The van der Waals surface area contributed by atoms with Crippen LogP contribution in [-0.4, -0.2) is 16.1 Å². The lowest BCUT2D eigenvalue weighted by molar-refractivity contribution is 0.531. The molecule has 1 aliphatic rings. The van der Waals surface area contributed by atoms with Crippen LogP contribution >= 0.6 is 0 Å². The van der Waals surface area contributed by atoms with Gasteiger partial charge in [0.05, 0.1) is 28.5 Å². The van der Waals surface area contributed by atoms with Crippen LogP contribution in [0.2, 0.25) is 0 Å². The van der Waals surface area contributed by atoms with Crippen molar-refractivity contribution in [3.8, 4) is 5.69 Å². The number of hydrogen-bond acceptors (Lipinski definition) is 4. The second-order valence-electron chi connectivity index (χ2n) is 18.7. The molecule has 14 aromatic rings. The molecular formula is C64H41N3O2. The van der Waals surface area contributed by atoms with Gasteiger partial charge in [0, 0.05) is 60.3 Å². The zero-order chi connectivity index (χ0) is 45.3. The maximum atomic E-state index is 7.37. The lowest BCUT2D eigenvalue weighted by Gasteiger charge is -2.31. The van der Waals surface area contributed by atoms with Crippen LogP contribution in [0.3, 0.4) is 0 Å². The monoisotopic (exact) mass is 883 g/mol. The first-order valence-corrected chi connectivity index (χ1v) is 23.9. The number of nitrogens with zero attached hydrogens (tertiary/aromatic N) is 3. The van der Waals surface area contributed by atoms with E-state index in [1.807, 2.05) is 6.07 Å². The molecule has 0 saturated carbocycles. The Bertz CT molecular complexity index is 4560. The average molecular weight is 884 g/mol. The topological polar surface area (TPSA) is 55.9 Å². The summed E-state index contributed by atoms with van der Waals surface area (Å²) in [6.45, 7) is 2.28. The Morgan fingerprint density at radius 3 is 1.90 bits per heavy atom. The highest BCUT2D eigenvalue weighted by molar-refractivity contribution is 6.25. The summed E-state index contributed by atoms with van der Waals surface area (Å²) in [5.74, 6) is 0.582. The zero-order valence-electron chi connectivity index (χ0n) is 37.6. The van der Waals surface area contributed by atoms with Gasteiger partial charge in [-0.3, -0.25) is 4.99 Å². The van der Waals surface area contributed by atoms with E-state index in [9.17, 15) is 0 Å². The molecule has 11 aromatic carbocycles. The van der Waals surface area contributed by atoms with Crippen LogP contribution in [0, 0.1) is 5.92 Å². The zero-order valence-corrected chi connectivity index (χ0v) is 37.6. The summed E-state index contributed by atoms with van der Waals surface area (Å²) in [6.07, 6.45) is 0.786. The van der Waals surface area contributed by atoms with Crippen LogP contribution in [0.15, 0.2) is 225 Å². The summed E-state index contributed by atoms with van der Waals surface area (Å²) in [7, 11) is 0. The largest absolute Gasteiger partial charge is 0.456 e. The second-order valence-corrected chi connectivity index (χ2v) is 18.7. The van der Waals surface area contributed by atoms with Crippen molar-refractivity contribution >= 4 is 120 Å². The Balaban J connectivity index is 1.09. The third-order valence-electron chi connectivity index (χ3n) is 14.9. The molecule has 5 nitrogen and oxygen atoms in total. The Morgan fingerprint density at radius 1 is 0.464 bits per heavy atom. The maximum Gasteiger partial charge on any atom is 0.159 e. The molecule has 0 saturated heterocycles. The van der Waals surface area contributed by atoms with Gasteiger partial charge >= 0.3 is 0 Å². The fourth-order valence-electron chi connectivity index (χ4n) is 11.7. The normalized spacial score (nSPS) is 15.6. The van der Waals surface area contributed by atoms with Gasteiger partial charge in [0.1, 0.15) is 16.7 Å². The van der Waals surface area contributed by atoms with Crippen molar-refractivity contribution in [2.24, 2.45) is 15.9 Å². The average Bonchev–Trinajstić information content (AvgIpc) is 4.08. The van der Waals surface area contributed by atoms with Gasteiger partial charge in [-0.1, -0.05) is 165 Å². The van der Waals surface area contributed by atoms with Crippen molar-refractivity contribution in [1.82, 2.24) is 4.57 Å². The number of benzene rings is 11. The molecule has 0 fully saturated rings. The Kier molecular flexibility index (Phi) is 8.11. The summed E-state index contributed by atoms with van der Waals surface area (Å²) in [5, 5.41) is 16.1. The molecule has 69 heavy (non-hydrogen) atoms. The molecule has 2 unspecified atom stereocenters. The first kappa shape index (κ1) is 38.3. The van der Waals surface area contributed by atoms with Crippen molar-refractivity contribution in [2.45, 2.75) is 19.4 Å². The van der Waals surface area contributed by atoms with E-state index in [4.69, 9.17) is 18.8 Å². The quantitative estimate of drug-likeness (QED) is 0.173. The molecule has 5 heteroatoms. The molecular weight excluding hydrogens is 843 g/mol. The van der Waals surface area contributed by atoms with E-state index in [1.54, 1.807) is 0 Å². The lowest BCUT2D eigenvalue weighted by Crippen LogP contribution is -2.29. The lowest BCUT2D eigenvalue weighted by atomic mass is 9.81. The van der Waals surface area contributed by atoms with Crippen molar-refractivity contribution in [3.63, 3.8) is 0 Å². The Morgan fingerprint density at radius 2 is 1.10 bits per heavy atom. The van der Waals surface area contributed by atoms with E-state index < -0.39 is 0 Å². The number of hydrogen-bond donors (Lipinski definition) is 0. The molecule has 0 radical (unpaired) electrons. The van der Waals surface area contributed by atoms with Crippen molar-refractivity contribution in [1.29, 1.82) is 0 Å². The molecule has 0 bridgehead atoms. The molecule has 0 N–H and O–H groups in total. The SMILES string of the molecule is CCC1C(c2cccc3oc4ccccc4c23)=NC(c2ccc3ccccc3c2)=NC1c1ccc2c(oc3cc4ccccc4cc32)c1-n1c2cc3ccccc3cc2c2ccc3ccccc3c21. The van der Waals surface area contributed by atoms with Gasteiger partial charge in [-0.2, -0.15) is 0 Å². The first-order valence-electron chi connectivity index (χ1n) is 23.9. The van der Waals surface area contributed by atoms with Crippen LogP contribution in [0.25, 0.3) is 114 Å². The van der Waals surface area contributed by atoms with Gasteiger partial charge in [-0.05, 0) is 92.7 Å². The van der Waals surface area contributed by atoms with E-state index in [0.717, 1.165) is 100 Å².